The molecular weight excluding hydrogens is 203 g/mol. The van der Waals surface area contributed by atoms with Crippen molar-refractivity contribution in [3.05, 3.63) is 29.6 Å². The summed E-state index contributed by atoms with van der Waals surface area (Å²) in [5.41, 5.74) is 0.929. The third kappa shape index (κ3) is 3.23. The van der Waals surface area contributed by atoms with E-state index in [4.69, 9.17) is 5.26 Å². The van der Waals surface area contributed by atoms with Crippen LogP contribution in [-0.2, 0) is 0 Å². The van der Waals surface area contributed by atoms with E-state index < -0.39 is 5.82 Å². The predicted molar refractivity (Wildman–Crippen MR) is 63.9 cm³/mol. The van der Waals surface area contributed by atoms with Crippen LogP contribution in [0.15, 0.2) is 18.2 Å². The fourth-order valence-corrected chi connectivity index (χ4v) is 1.56. The van der Waals surface area contributed by atoms with Gasteiger partial charge in [-0.1, -0.05) is 19.8 Å². The van der Waals surface area contributed by atoms with Crippen LogP contribution in [0.4, 0.5) is 10.1 Å². The van der Waals surface area contributed by atoms with E-state index in [2.05, 4.69) is 6.92 Å². The smallest absolute Gasteiger partial charge is 0.143 e. The first-order valence-electron chi connectivity index (χ1n) is 5.59. The number of halogens is 1. The van der Waals surface area contributed by atoms with E-state index >= 15 is 0 Å². The molecular formula is C13H17FN2. The Kier molecular flexibility index (Phi) is 4.78. The fourth-order valence-electron chi connectivity index (χ4n) is 1.56. The summed E-state index contributed by atoms with van der Waals surface area (Å²) < 4.78 is 13.3. The number of hydrogen-bond acceptors (Lipinski definition) is 2. The van der Waals surface area contributed by atoms with Crippen molar-refractivity contribution in [2.45, 2.75) is 26.2 Å². The van der Waals surface area contributed by atoms with Gasteiger partial charge in [0.05, 0.1) is 5.56 Å². The molecule has 0 heterocycles. The maximum atomic E-state index is 13.3. The van der Waals surface area contributed by atoms with Crippen LogP contribution in [0.3, 0.4) is 0 Å². The SMILES string of the molecule is CCCCCN(C)c1ccc(C#N)c(F)c1. The minimum absolute atomic E-state index is 0.103. The maximum absolute atomic E-state index is 13.3. The van der Waals surface area contributed by atoms with Gasteiger partial charge in [0, 0.05) is 19.3 Å². The summed E-state index contributed by atoms with van der Waals surface area (Å²) in [5, 5.41) is 8.62. The average Bonchev–Trinajstić information content (AvgIpc) is 2.29. The van der Waals surface area contributed by atoms with Crippen LogP contribution in [0, 0.1) is 17.1 Å². The van der Waals surface area contributed by atoms with Crippen molar-refractivity contribution in [1.29, 1.82) is 5.26 Å². The van der Waals surface area contributed by atoms with Crippen LogP contribution in [0.1, 0.15) is 31.7 Å². The van der Waals surface area contributed by atoms with Crippen molar-refractivity contribution in [2.24, 2.45) is 0 Å². The first-order chi connectivity index (χ1) is 7.69. The number of anilines is 1. The average molecular weight is 220 g/mol. The van der Waals surface area contributed by atoms with E-state index in [1.165, 1.54) is 25.0 Å². The zero-order chi connectivity index (χ0) is 12.0. The Morgan fingerprint density at radius 1 is 1.38 bits per heavy atom. The molecule has 3 heteroatoms. The molecule has 86 valence electrons. The van der Waals surface area contributed by atoms with Crippen molar-refractivity contribution in [3.63, 3.8) is 0 Å². The molecule has 0 amide bonds. The van der Waals surface area contributed by atoms with Gasteiger partial charge >= 0.3 is 0 Å². The van der Waals surface area contributed by atoms with Crippen LogP contribution in [0.5, 0.6) is 0 Å². The lowest BCUT2D eigenvalue weighted by molar-refractivity contribution is 0.622. The van der Waals surface area contributed by atoms with Gasteiger partial charge < -0.3 is 4.90 Å². The van der Waals surface area contributed by atoms with Crippen LogP contribution < -0.4 is 4.90 Å². The molecule has 0 radical (unpaired) electrons. The molecule has 0 bridgehead atoms. The van der Waals surface area contributed by atoms with Crippen molar-refractivity contribution < 1.29 is 4.39 Å². The molecule has 0 unspecified atom stereocenters. The Morgan fingerprint density at radius 3 is 2.69 bits per heavy atom. The summed E-state index contributed by atoms with van der Waals surface area (Å²) in [6.45, 7) is 3.07. The Labute approximate surface area is 96.3 Å². The monoisotopic (exact) mass is 220 g/mol. The second kappa shape index (κ2) is 6.12. The summed E-state index contributed by atoms with van der Waals surface area (Å²) in [7, 11) is 1.94. The number of nitriles is 1. The molecule has 0 aliphatic rings. The van der Waals surface area contributed by atoms with Crippen molar-refractivity contribution in [2.75, 3.05) is 18.5 Å². The molecule has 0 aromatic heterocycles. The molecule has 0 spiro atoms. The van der Waals surface area contributed by atoms with Gasteiger partial charge in [-0.15, -0.1) is 0 Å². The van der Waals surface area contributed by atoms with Gasteiger partial charge in [0.15, 0.2) is 0 Å². The summed E-state index contributed by atoms with van der Waals surface area (Å²) >= 11 is 0. The summed E-state index contributed by atoms with van der Waals surface area (Å²) in [6, 6.07) is 6.56. The number of hydrogen-bond donors (Lipinski definition) is 0. The zero-order valence-electron chi connectivity index (χ0n) is 9.83. The molecule has 0 aliphatic heterocycles. The number of unbranched alkanes of at least 4 members (excludes halogenated alkanes) is 2. The lowest BCUT2D eigenvalue weighted by Gasteiger charge is -2.19. The highest BCUT2D eigenvalue weighted by Gasteiger charge is 2.05. The first kappa shape index (κ1) is 12.5. The Hall–Kier alpha value is -1.56. The molecule has 0 saturated carbocycles. The normalized spacial score (nSPS) is 9.88. The minimum atomic E-state index is -0.442. The van der Waals surface area contributed by atoms with E-state index in [-0.39, 0.29) is 5.56 Å². The number of benzene rings is 1. The standard InChI is InChI=1S/C13H17FN2/c1-3-4-5-8-16(2)12-7-6-11(10-15)13(14)9-12/h6-7,9H,3-5,8H2,1-2H3. The van der Waals surface area contributed by atoms with Gasteiger partial charge in [0.2, 0.25) is 0 Å². The van der Waals surface area contributed by atoms with Crippen molar-refractivity contribution in [3.8, 4) is 6.07 Å². The maximum Gasteiger partial charge on any atom is 0.143 e. The largest absolute Gasteiger partial charge is 0.375 e. The molecule has 0 saturated heterocycles. The highest BCUT2D eigenvalue weighted by molar-refractivity contribution is 5.49. The molecule has 0 aliphatic carbocycles. The molecule has 0 N–H and O–H groups in total. The zero-order valence-corrected chi connectivity index (χ0v) is 9.83. The van der Waals surface area contributed by atoms with Gasteiger partial charge in [-0.25, -0.2) is 4.39 Å². The van der Waals surface area contributed by atoms with Crippen LogP contribution in [0.2, 0.25) is 0 Å². The van der Waals surface area contributed by atoms with Gasteiger partial charge in [-0.2, -0.15) is 5.26 Å². The lowest BCUT2D eigenvalue weighted by atomic mass is 10.2. The van der Waals surface area contributed by atoms with E-state index in [0.29, 0.717) is 0 Å². The molecule has 1 aromatic rings. The molecule has 0 atom stereocenters. The number of nitrogens with zero attached hydrogens (tertiary/aromatic N) is 2. The summed E-state index contributed by atoms with van der Waals surface area (Å²) in [6.07, 6.45) is 3.47. The third-order valence-corrected chi connectivity index (χ3v) is 2.61. The van der Waals surface area contributed by atoms with Crippen LogP contribution in [0.25, 0.3) is 0 Å². The lowest BCUT2D eigenvalue weighted by Crippen LogP contribution is -2.18. The van der Waals surface area contributed by atoms with Gasteiger partial charge in [0.1, 0.15) is 11.9 Å². The van der Waals surface area contributed by atoms with Gasteiger partial charge in [-0.05, 0) is 24.6 Å². The van der Waals surface area contributed by atoms with Crippen LogP contribution in [-0.4, -0.2) is 13.6 Å². The van der Waals surface area contributed by atoms with E-state index in [0.717, 1.165) is 18.7 Å². The van der Waals surface area contributed by atoms with E-state index in [1.54, 1.807) is 6.07 Å². The first-order valence-corrected chi connectivity index (χ1v) is 5.59. The molecule has 0 fully saturated rings. The fraction of sp³-hybridized carbons (Fsp3) is 0.462. The minimum Gasteiger partial charge on any atom is -0.375 e. The highest BCUT2D eigenvalue weighted by Crippen LogP contribution is 2.17. The quantitative estimate of drug-likeness (QED) is 0.712. The van der Waals surface area contributed by atoms with Crippen molar-refractivity contribution >= 4 is 5.69 Å². The predicted octanol–water partition coefficient (Wildman–Crippen LogP) is 3.32. The third-order valence-electron chi connectivity index (χ3n) is 2.61. The second-order valence-electron chi connectivity index (χ2n) is 3.90. The summed E-state index contributed by atoms with van der Waals surface area (Å²) in [4.78, 5) is 2.01. The molecule has 16 heavy (non-hydrogen) atoms. The Morgan fingerprint density at radius 2 is 2.12 bits per heavy atom. The molecule has 1 aromatic carbocycles. The van der Waals surface area contributed by atoms with Gasteiger partial charge in [0.25, 0.3) is 0 Å². The topological polar surface area (TPSA) is 27.0 Å². The number of rotatable bonds is 5. The van der Waals surface area contributed by atoms with Crippen molar-refractivity contribution in [1.82, 2.24) is 0 Å². The molecule has 2 nitrogen and oxygen atoms in total. The van der Waals surface area contributed by atoms with E-state index in [9.17, 15) is 4.39 Å². The summed E-state index contributed by atoms with van der Waals surface area (Å²) in [5.74, 6) is -0.442. The van der Waals surface area contributed by atoms with Gasteiger partial charge in [-0.3, -0.25) is 0 Å². The Balaban J connectivity index is 2.66. The second-order valence-corrected chi connectivity index (χ2v) is 3.90. The van der Waals surface area contributed by atoms with E-state index in [1.807, 2.05) is 18.0 Å². The Bertz CT molecular complexity index is 382. The van der Waals surface area contributed by atoms with Crippen LogP contribution >= 0.6 is 0 Å². The molecule has 1 rings (SSSR count). The highest BCUT2D eigenvalue weighted by atomic mass is 19.1.